The first-order chi connectivity index (χ1) is 8.99. The number of rotatable bonds is 3. The van der Waals surface area contributed by atoms with Crippen LogP contribution < -0.4 is 5.32 Å². The highest BCUT2D eigenvalue weighted by Crippen LogP contribution is 2.29. The third-order valence-electron chi connectivity index (χ3n) is 2.37. The highest BCUT2D eigenvalue weighted by molar-refractivity contribution is 8.23. The molecule has 1 aromatic rings. The van der Waals surface area contributed by atoms with Crippen LogP contribution in [0.5, 0.6) is 0 Å². The number of thiocarbonyl (C=S) groups is 1. The normalized spacial score (nSPS) is 14.9. The molecule has 0 atom stereocenters. The van der Waals surface area contributed by atoms with Crippen molar-refractivity contribution in [2.75, 3.05) is 17.6 Å². The third kappa shape index (κ3) is 3.39. The molecule has 1 aliphatic rings. The van der Waals surface area contributed by atoms with Crippen molar-refractivity contribution in [3.05, 3.63) is 28.2 Å². The first kappa shape index (κ1) is 14.6. The maximum Gasteiger partial charge on any atom is 0.244 e. The molecule has 0 saturated carbocycles. The molecule has 8 heteroatoms. The van der Waals surface area contributed by atoms with Gasteiger partial charge in [-0.15, -0.1) is 0 Å². The maximum atomic E-state index is 11.9. The monoisotopic (exact) mass is 334 g/mol. The van der Waals surface area contributed by atoms with Crippen LogP contribution in [-0.4, -0.2) is 33.3 Å². The van der Waals surface area contributed by atoms with Gasteiger partial charge in [0.15, 0.2) is 0 Å². The Hall–Kier alpha value is -0.820. The van der Waals surface area contributed by atoms with E-state index in [4.69, 9.17) is 35.4 Å². The molecule has 0 spiro atoms. The lowest BCUT2D eigenvalue weighted by Crippen LogP contribution is -2.36. The molecular formula is C11H8Cl2N2O2S2. The second-order valence-electron chi connectivity index (χ2n) is 3.68. The molecule has 0 bridgehead atoms. The quantitative estimate of drug-likeness (QED) is 0.863. The van der Waals surface area contributed by atoms with Crippen LogP contribution >= 0.6 is 47.2 Å². The van der Waals surface area contributed by atoms with Crippen molar-refractivity contribution in [3.8, 4) is 0 Å². The van der Waals surface area contributed by atoms with Crippen LogP contribution in [0.1, 0.15) is 0 Å². The van der Waals surface area contributed by atoms with Gasteiger partial charge in [0.25, 0.3) is 0 Å². The fourth-order valence-corrected chi connectivity index (χ4v) is 3.03. The number of nitrogens with zero attached hydrogens (tertiary/aromatic N) is 1. The van der Waals surface area contributed by atoms with Crippen molar-refractivity contribution >= 4 is 69.0 Å². The number of thioether (sulfide) groups is 1. The molecule has 0 aliphatic carbocycles. The van der Waals surface area contributed by atoms with Gasteiger partial charge in [0.2, 0.25) is 11.8 Å². The fourth-order valence-electron chi connectivity index (χ4n) is 1.47. The number of hydrogen-bond donors (Lipinski definition) is 1. The molecule has 0 radical (unpaired) electrons. The molecule has 1 aliphatic heterocycles. The van der Waals surface area contributed by atoms with Crippen molar-refractivity contribution in [2.24, 2.45) is 0 Å². The number of halogens is 2. The van der Waals surface area contributed by atoms with Crippen LogP contribution in [-0.2, 0) is 9.59 Å². The Morgan fingerprint density at radius 2 is 2.05 bits per heavy atom. The highest BCUT2D eigenvalue weighted by atomic mass is 35.5. The molecule has 0 aromatic heterocycles. The van der Waals surface area contributed by atoms with E-state index in [9.17, 15) is 9.59 Å². The topological polar surface area (TPSA) is 49.4 Å². The molecule has 1 fully saturated rings. The average Bonchev–Trinajstić information content (AvgIpc) is 2.66. The van der Waals surface area contributed by atoms with Crippen LogP contribution in [0.4, 0.5) is 5.69 Å². The van der Waals surface area contributed by atoms with Crippen LogP contribution in [0, 0.1) is 0 Å². The Morgan fingerprint density at radius 3 is 2.58 bits per heavy atom. The summed E-state index contributed by atoms with van der Waals surface area (Å²) in [6.45, 7) is -0.133. The Kier molecular flexibility index (Phi) is 4.67. The summed E-state index contributed by atoms with van der Waals surface area (Å²) in [6.07, 6.45) is 0. The third-order valence-corrected chi connectivity index (χ3v) is 4.43. The number of carbonyl (C=O) groups excluding carboxylic acids is 2. The lowest BCUT2D eigenvalue weighted by Gasteiger charge is -2.15. The summed E-state index contributed by atoms with van der Waals surface area (Å²) >= 11 is 18.1. The SMILES string of the molecule is O=C(CN1C(=O)CSC1=S)Nc1c(Cl)cccc1Cl. The zero-order valence-corrected chi connectivity index (χ0v) is 12.6. The van der Waals surface area contributed by atoms with E-state index in [1.54, 1.807) is 18.2 Å². The fraction of sp³-hybridized carbons (Fsp3) is 0.182. The number of amides is 2. The predicted octanol–water partition coefficient (Wildman–Crippen LogP) is 2.79. The number of nitrogens with one attached hydrogen (secondary N) is 1. The van der Waals surface area contributed by atoms with E-state index in [1.165, 1.54) is 16.7 Å². The van der Waals surface area contributed by atoms with Crippen molar-refractivity contribution in [1.29, 1.82) is 0 Å². The molecule has 1 saturated heterocycles. The first-order valence-electron chi connectivity index (χ1n) is 5.20. The van der Waals surface area contributed by atoms with Crippen LogP contribution in [0.25, 0.3) is 0 Å². The second kappa shape index (κ2) is 6.09. The van der Waals surface area contributed by atoms with E-state index >= 15 is 0 Å². The Bertz CT molecular complexity index is 529. The molecule has 2 amide bonds. The van der Waals surface area contributed by atoms with Gasteiger partial charge in [-0.05, 0) is 12.1 Å². The van der Waals surface area contributed by atoms with Gasteiger partial charge in [-0.25, -0.2) is 0 Å². The molecular weight excluding hydrogens is 327 g/mol. The summed E-state index contributed by atoms with van der Waals surface area (Å²) in [7, 11) is 0. The average molecular weight is 335 g/mol. The van der Waals surface area contributed by atoms with Gasteiger partial charge in [-0.1, -0.05) is 53.2 Å². The molecule has 4 nitrogen and oxygen atoms in total. The maximum absolute atomic E-state index is 11.9. The second-order valence-corrected chi connectivity index (χ2v) is 6.10. The number of para-hydroxylation sites is 1. The lowest BCUT2D eigenvalue weighted by molar-refractivity contribution is -0.127. The summed E-state index contributed by atoms with van der Waals surface area (Å²) in [6, 6.07) is 4.91. The van der Waals surface area contributed by atoms with E-state index in [2.05, 4.69) is 5.32 Å². The minimum absolute atomic E-state index is 0.133. The highest BCUT2D eigenvalue weighted by Gasteiger charge is 2.28. The Labute approximate surface area is 129 Å². The molecule has 2 rings (SSSR count). The molecule has 1 N–H and O–H groups in total. The van der Waals surface area contributed by atoms with Gasteiger partial charge in [0.05, 0.1) is 21.5 Å². The molecule has 100 valence electrons. The minimum Gasteiger partial charge on any atom is -0.322 e. The van der Waals surface area contributed by atoms with E-state index in [0.717, 1.165) is 0 Å². The van der Waals surface area contributed by atoms with Crippen molar-refractivity contribution in [1.82, 2.24) is 4.90 Å². The smallest absolute Gasteiger partial charge is 0.244 e. The number of hydrogen-bond acceptors (Lipinski definition) is 4. The Morgan fingerprint density at radius 1 is 1.42 bits per heavy atom. The van der Waals surface area contributed by atoms with Gasteiger partial charge >= 0.3 is 0 Å². The van der Waals surface area contributed by atoms with Gasteiger partial charge in [0.1, 0.15) is 10.9 Å². The first-order valence-corrected chi connectivity index (χ1v) is 7.35. The summed E-state index contributed by atoms with van der Waals surface area (Å²) < 4.78 is 0.408. The summed E-state index contributed by atoms with van der Waals surface area (Å²) in [5, 5.41) is 3.26. The summed E-state index contributed by atoms with van der Waals surface area (Å²) in [5.74, 6) is -0.289. The zero-order chi connectivity index (χ0) is 14.0. The van der Waals surface area contributed by atoms with Gasteiger partial charge in [0, 0.05) is 0 Å². The van der Waals surface area contributed by atoms with E-state index in [1.807, 2.05) is 0 Å². The standard InChI is InChI=1S/C11H8Cl2N2O2S2/c12-6-2-1-3-7(13)10(6)14-8(16)4-15-9(17)5-19-11(15)18/h1-3H,4-5H2,(H,14,16). The van der Waals surface area contributed by atoms with Crippen molar-refractivity contribution in [2.45, 2.75) is 0 Å². The van der Waals surface area contributed by atoms with Gasteiger partial charge in [-0.2, -0.15) is 0 Å². The zero-order valence-electron chi connectivity index (χ0n) is 9.48. The van der Waals surface area contributed by atoms with Gasteiger partial charge in [-0.3, -0.25) is 14.5 Å². The van der Waals surface area contributed by atoms with Gasteiger partial charge < -0.3 is 5.32 Å². The van der Waals surface area contributed by atoms with Crippen molar-refractivity contribution < 1.29 is 9.59 Å². The van der Waals surface area contributed by atoms with E-state index in [-0.39, 0.29) is 18.2 Å². The lowest BCUT2D eigenvalue weighted by atomic mass is 10.3. The predicted molar refractivity (Wildman–Crippen MR) is 81.9 cm³/mol. The van der Waals surface area contributed by atoms with Crippen LogP contribution in [0.3, 0.4) is 0 Å². The largest absolute Gasteiger partial charge is 0.322 e. The molecule has 19 heavy (non-hydrogen) atoms. The van der Waals surface area contributed by atoms with Crippen molar-refractivity contribution in [3.63, 3.8) is 0 Å². The number of benzene rings is 1. The summed E-state index contributed by atoms with van der Waals surface area (Å²) in [5.41, 5.74) is 0.334. The molecule has 1 heterocycles. The molecule has 1 aromatic carbocycles. The van der Waals surface area contributed by atoms with Crippen LogP contribution in [0.2, 0.25) is 10.0 Å². The van der Waals surface area contributed by atoms with Crippen LogP contribution in [0.15, 0.2) is 18.2 Å². The molecule has 0 unspecified atom stereocenters. The van der Waals surface area contributed by atoms with E-state index < -0.39 is 5.91 Å². The number of anilines is 1. The Balaban J connectivity index is 2.06. The summed E-state index contributed by atoms with van der Waals surface area (Å²) in [4.78, 5) is 24.6. The van der Waals surface area contributed by atoms with E-state index in [0.29, 0.717) is 20.1 Å². The number of carbonyl (C=O) groups is 2. The minimum atomic E-state index is -0.395.